The van der Waals surface area contributed by atoms with E-state index in [1.54, 1.807) is 18.2 Å². The van der Waals surface area contributed by atoms with Crippen molar-refractivity contribution >= 4 is 21.7 Å². The van der Waals surface area contributed by atoms with Crippen LogP contribution in [-0.4, -0.2) is 14.5 Å². The number of halogens is 1. The summed E-state index contributed by atoms with van der Waals surface area (Å²) in [6, 6.07) is 5.17. The van der Waals surface area contributed by atoms with Crippen LogP contribution in [0.5, 0.6) is 0 Å². The van der Waals surface area contributed by atoms with Gasteiger partial charge in [0.05, 0.1) is 16.7 Å². The molecule has 7 heteroatoms. The highest BCUT2D eigenvalue weighted by Crippen LogP contribution is 2.03. The Kier molecular flexibility index (Phi) is 3.10. The lowest BCUT2D eigenvalue weighted by Gasteiger charge is -2.05. The van der Waals surface area contributed by atoms with Crippen LogP contribution in [0, 0.1) is 0 Å². The average Bonchev–Trinajstić information content (AvgIpc) is 2.26. The summed E-state index contributed by atoms with van der Waals surface area (Å²) in [5.41, 5.74) is 5.25. The minimum atomic E-state index is -0.484. The van der Waals surface area contributed by atoms with Crippen molar-refractivity contribution in [1.29, 1.82) is 0 Å². The van der Waals surface area contributed by atoms with Crippen molar-refractivity contribution in [2.45, 2.75) is 6.54 Å². The Labute approximate surface area is 104 Å². The lowest BCUT2D eigenvalue weighted by molar-refractivity contribution is 0.702. The fourth-order valence-corrected chi connectivity index (χ4v) is 1.71. The number of nitrogens with two attached hydrogens (primary N) is 1. The van der Waals surface area contributed by atoms with Crippen molar-refractivity contribution in [3.05, 3.63) is 55.4 Å². The van der Waals surface area contributed by atoms with E-state index < -0.39 is 11.2 Å². The zero-order valence-electron chi connectivity index (χ0n) is 8.68. The molecule has 0 saturated heterocycles. The minimum absolute atomic E-state index is 0.249. The van der Waals surface area contributed by atoms with Crippen LogP contribution in [0.25, 0.3) is 0 Å². The Balaban J connectivity index is 2.40. The van der Waals surface area contributed by atoms with E-state index in [0.29, 0.717) is 16.0 Å². The second-order valence-electron chi connectivity index (χ2n) is 3.42. The molecule has 0 saturated carbocycles. The molecule has 2 rings (SSSR count). The van der Waals surface area contributed by atoms with Crippen LogP contribution in [0.4, 0.5) is 5.82 Å². The molecule has 0 aliphatic carbocycles. The number of aromatic amines is 1. The smallest absolute Gasteiger partial charge is 0.328 e. The number of aromatic nitrogens is 3. The van der Waals surface area contributed by atoms with Gasteiger partial charge >= 0.3 is 5.69 Å². The third kappa shape index (κ3) is 2.62. The van der Waals surface area contributed by atoms with Crippen LogP contribution in [0.3, 0.4) is 0 Å². The van der Waals surface area contributed by atoms with Crippen LogP contribution in [0.2, 0.25) is 0 Å². The molecule has 0 amide bonds. The van der Waals surface area contributed by atoms with E-state index in [-0.39, 0.29) is 6.54 Å². The number of nitrogens with zero attached hydrogens (tertiary/aromatic N) is 2. The number of hydrogen-bond acceptors (Lipinski definition) is 4. The number of pyridine rings is 1. The summed E-state index contributed by atoms with van der Waals surface area (Å²) in [6.45, 7) is 0.249. The molecule has 0 spiro atoms. The number of hydrogen-bond donors (Lipinski definition) is 2. The Bertz CT molecular complexity index is 662. The average molecular weight is 297 g/mol. The van der Waals surface area contributed by atoms with Gasteiger partial charge in [-0.25, -0.2) is 9.78 Å². The predicted octanol–water partition coefficient (Wildman–Crippen LogP) is 0.325. The second-order valence-corrected chi connectivity index (χ2v) is 4.27. The van der Waals surface area contributed by atoms with Gasteiger partial charge < -0.3 is 5.73 Å². The van der Waals surface area contributed by atoms with Gasteiger partial charge in [0.2, 0.25) is 0 Å². The van der Waals surface area contributed by atoms with Crippen LogP contribution >= 0.6 is 15.9 Å². The van der Waals surface area contributed by atoms with Gasteiger partial charge in [-0.3, -0.25) is 14.3 Å². The highest BCUT2D eigenvalue weighted by Gasteiger charge is 2.03. The first kappa shape index (κ1) is 11.6. The highest BCUT2D eigenvalue weighted by molar-refractivity contribution is 9.10. The SMILES string of the molecule is Nc1cccc(Cn2cc(Br)c(=O)[nH]c2=O)n1. The molecule has 2 heterocycles. The Morgan fingerprint density at radius 3 is 2.88 bits per heavy atom. The van der Waals surface area contributed by atoms with Gasteiger partial charge in [0.15, 0.2) is 0 Å². The number of nitrogen functional groups attached to an aromatic ring is 1. The highest BCUT2D eigenvalue weighted by atomic mass is 79.9. The van der Waals surface area contributed by atoms with Crippen molar-refractivity contribution in [1.82, 2.24) is 14.5 Å². The number of rotatable bonds is 2. The monoisotopic (exact) mass is 296 g/mol. The maximum atomic E-state index is 11.5. The molecule has 88 valence electrons. The van der Waals surface area contributed by atoms with Crippen molar-refractivity contribution in [3.63, 3.8) is 0 Å². The van der Waals surface area contributed by atoms with Crippen LogP contribution in [0.1, 0.15) is 5.69 Å². The Hall–Kier alpha value is -1.89. The molecule has 3 N–H and O–H groups in total. The standard InChI is InChI=1S/C10H9BrN4O2/c11-7-5-15(10(17)14-9(7)16)4-6-2-1-3-8(12)13-6/h1-3,5H,4H2,(H2,12,13)(H,14,16,17). The zero-order chi connectivity index (χ0) is 12.4. The van der Waals surface area contributed by atoms with Crippen molar-refractivity contribution < 1.29 is 0 Å². The number of anilines is 1. The molecule has 0 atom stereocenters. The van der Waals surface area contributed by atoms with Crippen molar-refractivity contribution in [2.75, 3.05) is 5.73 Å². The normalized spacial score (nSPS) is 10.4. The summed E-state index contributed by atoms with van der Waals surface area (Å²) in [5, 5.41) is 0. The molecule has 0 aromatic carbocycles. The second kappa shape index (κ2) is 4.54. The molecule has 6 nitrogen and oxygen atoms in total. The topological polar surface area (TPSA) is 93.8 Å². The maximum absolute atomic E-state index is 11.5. The Morgan fingerprint density at radius 2 is 2.18 bits per heavy atom. The summed E-state index contributed by atoms with van der Waals surface area (Å²) in [5.74, 6) is 0.388. The van der Waals surface area contributed by atoms with Crippen LogP contribution in [-0.2, 0) is 6.54 Å². The van der Waals surface area contributed by atoms with Crippen LogP contribution in [0.15, 0.2) is 38.5 Å². The van der Waals surface area contributed by atoms with Gasteiger partial charge in [0.25, 0.3) is 5.56 Å². The lowest BCUT2D eigenvalue weighted by atomic mass is 10.3. The molecule has 2 aromatic heterocycles. The van der Waals surface area contributed by atoms with Gasteiger partial charge in [-0.2, -0.15) is 0 Å². The number of H-pyrrole nitrogens is 1. The molecule has 0 aliphatic rings. The largest absolute Gasteiger partial charge is 0.384 e. The fourth-order valence-electron chi connectivity index (χ4n) is 1.36. The summed E-state index contributed by atoms with van der Waals surface area (Å²) in [7, 11) is 0. The molecule has 0 radical (unpaired) electrons. The first-order chi connectivity index (χ1) is 8.06. The Morgan fingerprint density at radius 1 is 1.41 bits per heavy atom. The summed E-state index contributed by atoms with van der Waals surface area (Å²) in [4.78, 5) is 28.9. The third-order valence-corrected chi connectivity index (χ3v) is 2.69. The summed E-state index contributed by atoms with van der Waals surface area (Å²) >= 11 is 3.06. The fraction of sp³-hybridized carbons (Fsp3) is 0.100. The van der Waals surface area contributed by atoms with Crippen molar-refractivity contribution in [2.24, 2.45) is 0 Å². The van der Waals surface area contributed by atoms with Gasteiger partial charge in [-0.05, 0) is 28.1 Å². The van der Waals surface area contributed by atoms with Crippen molar-refractivity contribution in [3.8, 4) is 0 Å². The van der Waals surface area contributed by atoms with Crippen LogP contribution < -0.4 is 17.0 Å². The predicted molar refractivity (Wildman–Crippen MR) is 66.8 cm³/mol. The minimum Gasteiger partial charge on any atom is -0.384 e. The van der Waals surface area contributed by atoms with Gasteiger partial charge in [-0.1, -0.05) is 6.07 Å². The van der Waals surface area contributed by atoms with Gasteiger partial charge in [-0.15, -0.1) is 0 Å². The maximum Gasteiger partial charge on any atom is 0.328 e. The van der Waals surface area contributed by atoms with E-state index in [9.17, 15) is 9.59 Å². The molecule has 0 bridgehead atoms. The molecular weight excluding hydrogens is 288 g/mol. The summed E-state index contributed by atoms with van der Waals surface area (Å²) in [6.07, 6.45) is 1.42. The summed E-state index contributed by atoms with van der Waals surface area (Å²) < 4.78 is 1.63. The van der Waals surface area contributed by atoms with E-state index in [4.69, 9.17) is 5.73 Å². The molecule has 0 unspecified atom stereocenters. The first-order valence-electron chi connectivity index (χ1n) is 4.77. The first-order valence-corrected chi connectivity index (χ1v) is 5.56. The zero-order valence-corrected chi connectivity index (χ0v) is 10.3. The van der Waals surface area contributed by atoms with E-state index in [2.05, 4.69) is 25.9 Å². The molecule has 0 fully saturated rings. The lowest BCUT2D eigenvalue weighted by Crippen LogP contribution is -2.30. The molecular formula is C10H9BrN4O2. The molecule has 2 aromatic rings. The van der Waals surface area contributed by atoms with E-state index in [0.717, 1.165) is 0 Å². The van der Waals surface area contributed by atoms with E-state index in [1.165, 1.54) is 10.8 Å². The van der Waals surface area contributed by atoms with Gasteiger partial charge in [0.1, 0.15) is 5.82 Å². The van der Waals surface area contributed by atoms with Gasteiger partial charge in [0, 0.05) is 6.20 Å². The quantitative estimate of drug-likeness (QED) is 0.835. The third-order valence-electron chi connectivity index (χ3n) is 2.13. The van der Waals surface area contributed by atoms with E-state index in [1.807, 2.05) is 0 Å². The van der Waals surface area contributed by atoms with E-state index >= 15 is 0 Å². The molecule has 0 aliphatic heterocycles. The number of nitrogens with one attached hydrogen (secondary N) is 1. The molecule has 17 heavy (non-hydrogen) atoms.